The summed E-state index contributed by atoms with van der Waals surface area (Å²) in [4.78, 5) is 14.3. The van der Waals surface area contributed by atoms with E-state index >= 15 is 0 Å². The third-order valence-electron chi connectivity index (χ3n) is 4.72. The fourth-order valence-electron chi connectivity index (χ4n) is 3.03. The molecule has 0 radical (unpaired) electrons. The number of aromatic nitrogens is 2. The number of hydrogen-bond acceptors (Lipinski definition) is 5. The maximum Gasteiger partial charge on any atom is 0.260 e. The average Bonchev–Trinajstić information content (AvgIpc) is 2.65. The Kier molecular flexibility index (Phi) is 5.16. The number of para-hydroxylation sites is 1. The lowest BCUT2D eigenvalue weighted by molar-refractivity contribution is -0.134. The molecule has 0 spiro atoms. The summed E-state index contributed by atoms with van der Waals surface area (Å²) in [7, 11) is 0. The zero-order valence-electron chi connectivity index (χ0n) is 14.7. The normalized spacial score (nSPS) is 14.7. The zero-order chi connectivity index (χ0) is 17.8. The highest BCUT2D eigenvalue weighted by Crippen LogP contribution is 2.28. The molecule has 25 heavy (non-hydrogen) atoms. The van der Waals surface area contributed by atoms with Crippen molar-refractivity contribution in [2.24, 2.45) is 0 Å². The summed E-state index contributed by atoms with van der Waals surface area (Å²) >= 11 is 0. The van der Waals surface area contributed by atoms with Gasteiger partial charge in [0.1, 0.15) is 11.6 Å². The van der Waals surface area contributed by atoms with E-state index < -0.39 is 0 Å². The van der Waals surface area contributed by atoms with Crippen LogP contribution in [-0.4, -0.2) is 34.2 Å². The molecule has 1 aliphatic heterocycles. The molecule has 1 amide bonds. The van der Waals surface area contributed by atoms with Gasteiger partial charge in [0.05, 0.1) is 5.69 Å². The minimum Gasteiger partial charge on any atom is -0.483 e. The molecular formula is C19H24N4O2. The van der Waals surface area contributed by atoms with Gasteiger partial charge in [-0.25, -0.2) is 0 Å². The third-order valence-corrected chi connectivity index (χ3v) is 4.72. The number of nitrogen functional groups attached to an aromatic ring is 1. The number of carbonyl (C=O) groups is 1. The topological polar surface area (TPSA) is 81.3 Å². The lowest BCUT2D eigenvalue weighted by Gasteiger charge is -2.28. The molecule has 0 fully saturated rings. The first-order chi connectivity index (χ1) is 12.1. The van der Waals surface area contributed by atoms with Crippen LogP contribution in [0.25, 0.3) is 0 Å². The number of rotatable bonds is 5. The highest BCUT2D eigenvalue weighted by molar-refractivity contribution is 5.78. The van der Waals surface area contributed by atoms with Gasteiger partial charge in [-0.1, -0.05) is 32.0 Å². The van der Waals surface area contributed by atoms with Gasteiger partial charge in [-0.05, 0) is 35.6 Å². The van der Waals surface area contributed by atoms with Crippen molar-refractivity contribution >= 4 is 11.7 Å². The lowest BCUT2D eigenvalue weighted by atomic mass is 9.98. The molecule has 0 saturated carbocycles. The Morgan fingerprint density at radius 1 is 1.36 bits per heavy atom. The first-order valence-electron chi connectivity index (χ1n) is 8.69. The van der Waals surface area contributed by atoms with E-state index in [0.29, 0.717) is 31.2 Å². The van der Waals surface area contributed by atoms with Crippen molar-refractivity contribution in [3.8, 4) is 5.75 Å². The molecule has 6 heteroatoms. The molecule has 1 atom stereocenters. The molecule has 1 aromatic heterocycles. The number of benzene rings is 1. The minimum absolute atomic E-state index is 0.0278. The standard InChI is InChI=1S/C19H24N4O2/c1-3-13(2)15-6-4-5-7-17(15)25-12-19(24)23-9-8-16-14(11-23)10-18(20)22-21-16/h4-7,10,13H,3,8-9,11-12H2,1-2H3,(H2,20,22). The minimum atomic E-state index is -0.0278. The monoisotopic (exact) mass is 340 g/mol. The molecule has 2 heterocycles. The van der Waals surface area contributed by atoms with Gasteiger partial charge in [0.2, 0.25) is 0 Å². The Hall–Kier alpha value is -2.63. The highest BCUT2D eigenvalue weighted by atomic mass is 16.5. The van der Waals surface area contributed by atoms with E-state index in [0.717, 1.165) is 29.0 Å². The number of hydrogen-bond donors (Lipinski definition) is 1. The maximum absolute atomic E-state index is 12.6. The highest BCUT2D eigenvalue weighted by Gasteiger charge is 2.23. The van der Waals surface area contributed by atoms with Gasteiger partial charge in [-0.15, -0.1) is 5.10 Å². The van der Waals surface area contributed by atoms with E-state index in [4.69, 9.17) is 10.5 Å². The molecule has 2 N–H and O–H groups in total. The Balaban J connectivity index is 1.64. The van der Waals surface area contributed by atoms with Crippen LogP contribution >= 0.6 is 0 Å². The molecule has 6 nitrogen and oxygen atoms in total. The fourth-order valence-corrected chi connectivity index (χ4v) is 3.03. The molecule has 132 valence electrons. The smallest absolute Gasteiger partial charge is 0.260 e. The molecular weight excluding hydrogens is 316 g/mol. The second-order valence-corrected chi connectivity index (χ2v) is 6.44. The number of fused-ring (bicyclic) bond motifs is 1. The summed E-state index contributed by atoms with van der Waals surface area (Å²) in [5.74, 6) is 1.54. The Morgan fingerprint density at radius 2 is 2.16 bits per heavy atom. The van der Waals surface area contributed by atoms with Crippen LogP contribution in [0.2, 0.25) is 0 Å². The summed E-state index contributed by atoms with van der Waals surface area (Å²) in [5, 5.41) is 7.97. The summed E-state index contributed by atoms with van der Waals surface area (Å²) in [6.07, 6.45) is 1.72. The first-order valence-corrected chi connectivity index (χ1v) is 8.69. The molecule has 2 aromatic rings. The summed E-state index contributed by atoms with van der Waals surface area (Å²) < 4.78 is 5.84. The molecule has 3 rings (SSSR count). The Bertz CT molecular complexity index is 763. The number of nitrogens with two attached hydrogens (primary N) is 1. The van der Waals surface area contributed by atoms with Gasteiger partial charge in [0.25, 0.3) is 5.91 Å². The van der Waals surface area contributed by atoms with Crippen LogP contribution in [0.5, 0.6) is 5.75 Å². The van der Waals surface area contributed by atoms with E-state index in [1.54, 1.807) is 11.0 Å². The Morgan fingerprint density at radius 3 is 2.96 bits per heavy atom. The van der Waals surface area contributed by atoms with E-state index in [-0.39, 0.29) is 12.5 Å². The van der Waals surface area contributed by atoms with E-state index in [1.807, 2.05) is 18.2 Å². The van der Waals surface area contributed by atoms with Crippen LogP contribution in [0.15, 0.2) is 30.3 Å². The molecule has 1 aromatic carbocycles. The third kappa shape index (κ3) is 3.90. The van der Waals surface area contributed by atoms with Gasteiger partial charge in [-0.2, -0.15) is 5.10 Å². The van der Waals surface area contributed by atoms with Crippen LogP contribution in [0, 0.1) is 0 Å². The molecule has 0 bridgehead atoms. The predicted octanol–water partition coefficient (Wildman–Crippen LogP) is 2.54. The number of carbonyl (C=O) groups excluding carboxylic acids is 1. The van der Waals surface area contributed by atoms with Gasteiger partial charge in [0.15, 0.2) is 6.61 Å². The van der Waals surface area contributed by atoms with Crippen LogP contribution in [0.4, 0.5) is 5.82 Å². The fraction of sp³-hybridized carbons (Fsp3) is 0.421. The van der Waals surface area contributed by atoms with Gasteiger partial charge in [0, 0.05) is 19.5 Å². The van der Waals surface area contributed by atoms with Crippen LogP contribution in [0.1, 0.15) is 43.0 Å². The molecule has 0 aliphatic carbocycles. The van der Waals surface area contributed by atoms with Crippen molar-refractivity contribution < 1.29 is 9.53 Å². The number of amides is 1. The average molecular weight is 340 g/mol. The maximum atomic E-state index is 12.6. The SMILES string of the molecule is CCC(C)c1ccccc1OCC(=O)N1CCc2nnc(N)cc2C1. The predicted molar refractivity (Wildman–Crippen MR) is 96.2 cm³/mol. The zero-order valence-corrected chi connectivity index (χ0v) is 14.7. The van der Waals surface area contributed by atoms with E-state index in [9.17, 15) is 4.79 Å². The van der Waals surface area contributed by atoms with E-state index in [2.05, 4.69) is 30.1 Å². The van der Waals surface area contributed by atoms with Crippen molar-refractivity contribution in [3.05, 3.63) is 47.2 Å². The van der Waals surface area contributed by atoms with Gasteiger partial charge >= 0.3 is 0 Å². The van der Waals surface area contributed by atoms with Gasteiger partial charge < -0.3 is 15.4 Å². The summed E-state index contributed by atoms with van der Waals surface area (Å²) in [6, 6.07) is 9.72. The van der Waals surface area contributed by atoms with E-state index in [1.165, 1.54) is 0 Å². The van der Waals surface area contributed by atoms with Crippen LogP contribution in [-0.2, 0) is 17.8 Å². The van der Waals surface area contributed by atoms with Crippen LogP contribution < -0.4 is 10.5 Å². The number of anilines is 1. The second-order valence-electron chi connectivity index (χ2n) is 6.44. The molecule has 1 unspecified atom stereocenters. The van der Waals surface area contributed by atoms with Crippen molar-refractivity contribution in [3.63, 3.8) is 0 Å². The Labute approximate surface area is 148 Å². The summed E-state index contributed by atoms with van der Waals surface area (Å²) in [6.45, 7) is 5.48. The number of ether oxygens (including phenoxy) is 1. The van der Waals surface area contributed by atoms with Crippen molar-refractivity contribution in [2.75, 3.05) is 18.9 Å². The largest absolute Gasteiger partial charge is 0.483 e. The lowest BCUT2D eigenvalue weighted by Crippen LogP contribution is -2.39. The first kappa shape index (κ1) is 17.2. The quantitative estimate of drug-likeness (QED) is 0.904. The molecule has 1 aliphatic rings. The second kappa shape index (κ2) is 7.51. The van der Waals surface area contributed by atoms with Crippen LogP contribution in [0.3, 0.4) is 0 Å². The summed E-state index contributed by atoms with van der Waals surface area (Å²) in [5.41, 5.74) is 8.72. The van der Waals surface area contributed by atoms with Gasteiger partial charge in [-0.3, -0.25) is 4.79 Å². The van der Waals surface area contributed by atoms with Crippen molar-refractivity contribution in [2.45, 2.75) is 39.2 Å². The molecule has 0 saturated heterocycles. The van der Waals surface area contributed by atoms with Crippen molar-refractivity contribution in [1.29, 1.82) is 0 Å². The number of nitrogens with zero attached hydrogens (tertiary/aromatic N) is 3. The van der Waals surface area contributed by atoms with Crippen molar-refractivity contribution in [1.82, 2.24) is 15.1 Å².